The van der Waals surface area contributed by atoms with Crippen LogP contribution in [0.5, 0.6) is 5.75 Å². The van der Waals surface area contributed by atoms with Crippen LogP contribution in [0.25, 0.3) is 0 Å². The Balaban J connectivity index is 1.30. The molecule has 4 rings (SSSR count). The number of carbonyl (C=O) groups excluding carboxylic acids is 1. The summed E-state index contributed by atoms with van der Waals surface area (Å²) in [5.74, 6) is 1.21. The smallest absolute Gasteiger partial charge is 0.407 e. The first kappa shape index (κ1) is 21.9. The summed E-state index contributed by atoms with van der Waals surface area (Å²) in [7, 11) is 0. The van der Waals surface area contributed by atoms with Crippen molar-refractivity contribution in [3.63, 3.8) is 0 Å². The third kappa shape index (κ3) is 5.70. The van der Waals surface area contributed by atoms with E-state index in [4.69, 9.17) is 9.47 Å². The van der Waals surface area contributed by atoms with Crippen LogP contribution in [0.1, 0.15) is 47.9 Å². The van der Waals surface area contributed by atoms with Crippen LogP contribution in [0, 0.1) is 0 Å². The lowest BCUT2D eigenvalue weighted by molar-refractivity contribution is 0.146. The molecule has 3 aromatic rings. The van der Waals surface area contributed by atoms with Gasteiger partial charge in [0.05, 0.1) is 6.61 Å². The second-order valence-corrected chi connectivity index (χ2v) is 8.29. The van der Waals surface area contributed by atoms with Crippen molar-refractivity contribution in [1.82, 2.24) is 5.32 Å². The van der Waals surface area contributed by atoms with E-state index in [1.54, 1.807) is 0 Å². The number of rotatable bonds is 9. The molecule has 4 nitrogen and oxygen atoms in total. The zero-order valence-corrected chi connectivity index (χ0v) is 18.6. The van der Waals surface area contributed by atoms with E-state index in [2.05, 4.69) is 53.8 Å². The number of ether oxygens (including phenoxy) is 2. The highest BCUT2D eigenvalue weighted by atomic mass is 16.5. The molecule has 0 spiro atoms. The van der Waals surface area contributed by atoms with Crippen LogP contribution in [0.3, 0.4) is 0 Å². The van der Waals surface area contributed by atoms with Crippen molar-refractivity contribution in [2.75, 3.05) is 6.61 Å². The molecule has 2 atom stereocenters. The average Bonchev–Trinajstić information content (AvgIpc) is 3.16. The van der Waals surface area contributed by atoms with Gasteiger partial charge >= 0.3 is 6.09 Å². The maximum absolute atomic E-state index is 12.0. The van der Waals surface area contributed by atoms with Crippen LogP contribution >= 0.6 is 0 Å². The van der Waals surface area contributed by atoms with Crippen LogP contribution in [-0.4, -0.2) is 18.7 Å². The maximum Gasteiger partial charge on any atom is 0.407 e. The Morgan fingerprint density at radius 1 is 0.938 bits per heavy atom. The van der Waals surface area contributed by atoms with Crippen molar-refractivity contribution < 1.29 is 14.3 Å². The molecule has 0 radical (unpaired) electrons. The fourth-order valence-electron chi connectivity index (χ4n) is 4.53. The molecule has 1 amide bonds. The molecule has 1 N–H and O–H groups in total. The molecule has 0 aliphatic heterocycles. The van der Waals surface area contributed by atoms with Gasteiger partial charge in [-0.25, -0.2) is 4.79 Å². The number of hydrogen-bond donors (Lipinski definition) is 1. The van der Waals surface area contributed by atoms with Crippen LogP contribution in [0.4, 0.5) is 4.79 Å². The molecule has 0 saturated carbocycles. The van der Waals surface area contributed by atoms with Gasteiger partial charge in [-0.3, -0.25) is 0 Å². The van der Waals surface area contributed by atoms with E-state index in [0.29, 0.717) is 19.1 Å². The summed E-state index contributed by atoms with van der Waals surface area (Å²) < 4.78 is 11.0. The molecule has 0 aromatic heterocycles. The van der Waals surface area contributed by atoms with Gasteiger partial charge in [0, 0.05) is 12.0 Å². The van der Waals surface area contributed by atoms with Gasteiger partial charge < -0.3 is 14.8 Å². The third-order valence-corrected chi connectivity index (χ3v) is 6.11. The van der Waals surface area contributed by atoms with Crippen molar-refractivity contribution >= 4 is 6.09 Å². The number of benzene rings is 3. The summed E-state index contributed by atoms with van der Waals surface area (Å²) >= 11 is 0. The molecule has 0 bridgehead atoms. The van der Waals surface area contributed by atoms with E-state index in [0.717, 1.165) is 31.4 Å². The molecule has 1 aliphatic carbocycles. The highest BCUT2D eigenvalue weighted by Crippen LogP contribution is 2.37. The predicted molar refractivity (Wildman–Crippen MR) is 127 cm³/mol. The van der Waals surface area contributed by atoms with E-state index in [1.807, 2.05) is 37.3 Å². The zero-order valence-electron chi connectivity index (χ0n) is 18.6. The van der Waals surface area contributed by atoms with E-state index in [1.165, 1.54) is 22.3 Å². The van der Waals surface area contributed by atoms with Gasteiger partial charge in [0.25, 0.3) is 0 Å². The number of carbonyl (C=O) groups is 1. The van der Waals surface area contributed by atoms with Crippen LogP contribution < -0.4 is 10.1 Å². The van der Waals surface area contributed by atoms with Gasteiger partial charge in [-0.05, 0) is 67.0 Å². The quantitative estimate of drug-likeness (QED) is 0.451. The van der Waals surface area contributed by atoms with Crippen molar-refractivity contribution in [1.29, 1.82) is 0 Å². The number of amides is 1. The monoisotopic (exact) mass is 429 g/mol. The van der Waals surface area contributed by atoms with Crippen LogP contribution in [0.15, 0.2) is 78.9 Å². The minimum absolute atomic E-state index is 0.0974. The van der Waals surface area contributed by atoms with Gasteiger partial charge in [0.1, 0.15) is 12.4 Å². The fraction of sp³-hybridized carbons (Fsp3) is 0.321. The Labute approximate surface area is 190 Å². The molecule has 2 unspecified atom stereocenters. The molecular formula is C28H31NO3. The van der Waals surface area contributed by atoms with Crippen molar-refractivity contribution in [3.05, 3.63) is 101 Å². The fourth-order valence-corrected chi connectivity index (χ4v) is 4.53. The minimum atomic E-state index is -0.318. The summed E-state index contributed by atoms with van der Waals surface area (Å²) in [6, 6.07) is 27.2. The zero-order chi connectivity index (χ0) is 22.2. The number of nitrogens with one attached hydrogen (secondary N) is 1. The molecule has 0 fully saturated rings. The highest BCUT2D eigenvalue weighted by molar-refractivity contribution is 5.68. The Hall–Kier alpha value is -3.27. The lowest BCUT2D eigenvalue weighted by Gasteiger charge is -2.21. The minimum Gasteiger partial charge on any atom is -0.489 e. The summed E-state index contributed by atoms with van der Waals surface area (Å²) in [6.07, 6.45) is 3.64. The standard InChI is InChI=1S/C28H31NO3/c1-2-31-28(30)29-27-19-23-12-6-7-13-25(23)26(27)14-8-11-21-15-17-24(18-16-21)32-20-22-9-4-3-5-10-22/h3-7,9-10,12-13,15-18,26-27H,2,8,11,14,19-20H2,1H3,(H,29,30). The first-order chi connectivity index (χ1) is 15.7. The average molecular weight is 430 g/mol. The molecule has 3 aromatic carbocycles. The van der Waals surface area contributed by atoms with Gasteiger partial charge in [0.2, 0.25) is 0 Å². The molecule has 0 saturated heterocycles. The molecule has 1 aliphatic rings. The first-order valence-electron chi connectivity index (χ1n) is 11.5. The van der Waals surface area contributed by atoms with Gasteiger partial charge in [-0.15, -0.1) is 0 Å². The predicted octanol–water partition coefficient (Wildman–Crippen LogP) is 6.04. The second kappa shape index (κ2) is 10.9. The highest BCUT2D eigenvalue weighted by Gasteiger charge is 2.33. The molecule has 4 heteroatoms. The van der Waals surface area contributed by atoms with Gasteiger partial charge in [-0.1, -0.05) is 66.7 Å². The van der Waals surface area contributed by atoms with Gasteiger partial charge in [0.15, 0.2) is 0 Å². The Morgan fingerprint density at radius 3 is 2.47 bits per heavy atom. The SMILES string of the molecule is CCOC(=O)NC1Cc2ccccc2C1CCCc1ccc(OCc2ccccc2)cc1. The van der Waals surface area contributed by atoms with Crippen LogP contribution in [-0.2, 0) is 24.2 Å². The van der Waals surface area contributed by atoms with E-state index < -0.39 is 0 Å². The van der Waals surface area contributed by atoms with E-state index in [-0.39, 0.29) is 12.1 Å². The third-order valence-electron chi connectivity index (χ3n) is 6.11. The Bertz CT molecular complexity index is 1000. The molecular weight excluding hydrogens is 398 g/mol. The van der Waals surface area contributed by atoms with Crippen LogP contribution in [0.2, 0.25) is 0 Å². The molecule has 0 heterocycles. The van der Waals surface area contributed by atoms with Gasteiger partial charge in [-0.2, -0.15) is 0 Å². The maximum atomic E-state index is 12.0. The number of aryl methyl sites for hydroxylation is 1. The van der Waals surface area contributed by atoms with Crippen molar-refractivity contribution in [2.45, 2.75) is 51.2 Å². The number of alkyl carbamates (subject to hydrolysis) is 1. The summed E-state index contributed by atoms with van der Waals surface area (Å²) in [4.78, 5) is 12.0. The molecule has 32 heavy (non-hydrogen) atoms. The Morgan fingerprint density at radius 2 is 1.69 bits per heavy atom. The Kier molecular flexibility index (Phi) is 7.44. The van der Waals surface area contributed by atoms with Crippen molar-refractivity contribution in [2.24, 2.45) is 0 Å². The number of fused-ring (bicyclic) bond motifs is 1. The topological polar surface area (TPSA) is 47.6 Å². The second-order valence-electron chi connectivity index (χ2n) is 8.29. The molecule has 166 valence electrons. The normalized spacial score (nSPS) is 16.9. The summed E-state index contributed by atoms with van der Waals surface area (Å²) in [5.41, 5.74) is 5.16. The van der Waals surface area contributed by atoms with E-state index >= 15 is 0 Å². The lowest BCUT2D eigenvalue weighted by atomic mass is 9.91. The van der Waals surface area contributed by atoms with E-state index in [9.17, 15) is 4.79 Å². The number of hydrogen-bond acceptors (Lipinski definition) is 3. The largest absolute Gasteiger partial charge is 0.489 e. The van der Waals surface area contributed by atoms with Crippen molar-refractivity contribution in [3.8, 4) is 5.75 Å². The first-order valence-corrected chi connectivity index (χ1v) is 11.5. The summed E-state index contributed by atoms with van der Waals surface area (Å²) in [5, 5.41) is 3.08. The lowest BCUT2D eigenvalue weighted by Crippen LogP contribution is -2.38. The summed E-state index contributed by atoms with van der Waals surface area (Å²) in [6.45, 7) is 2.80.